The van der Waals surface area contributed by atoms with Crippen LogP contribution in [-0.2, 0) is 10.0 Å². The molecule has 0 bridgehead atoms. The van der Waals surface area contributed by atoms with Crippen molar-refractivity contribution in [2.75, 3.05) is 46.0 Å². The van der Waals surface area contributed by atoms with Crippen molar-refractivity contribution in [1.29, 1.82) is 0 Å². The molecule has 2 heterocycles. The molecule has 0 amide bonds. The first kappa shape index (κ1) is 13.6. The Balaban J connectivity index is 1.74. The van der Waals surface area contributed by atoms with Gasteiger partial charge in [-0.25, -0.2) is 12.7 Å². The number of hydrogen-bond acceptors (Lipinski definition) is 5. The highest BCUT2D eigenvalue weighted by atomic mass is 32.2. The summed E-state index contributed by atoms with van der Waals surface area (Å²) in [6.07, 6.45) is 3.14. The van der Waals surface area contributed by atoms with Crippen molar-refractivity contribution < 1.29 is 8.42 Å². The van der Waals surface area contributed by atoms with Crippen LogP contribution in [0.15, 0.2) is 4.99 Å². The number of rotatable bonds is 3. The van der Waals surface area contributed by atoms with Gasteiger partial charge in [0.05, 0.1) is 12.8 Å². The van der Waals surface area contributed by atoms with E-state index in [1.807, 2.05) is 7.05 Å². The smallest absolute Gasteiger partial charge is 0.211 e. The second kappa shape index (κ2) is 5.44. The normalized spacial score (nSPS) is 23.2. The van der Waals surface area contributed by atoms with E-state index in [-0.39, 0.29) is 0 Å². The third kappa shape index (κ3) is 3.35. The van der Waals surface area contributed by atoms with Crippen molar-refractivity contribution in [3.63, 3.8) is 0 Å². The van der Waals surface area contributed by atoms with E-state index < -0.39 is 10.0 Å². The summed E-state index contributed by atoms with van der Waals surface area (Å²) in [6.45, 7) is 4.03. The van der Waals surface area contributed by atoms with Gasteiger partial charge < -0.3 is 10.2 Å². The summed E-state index contributed by atoms with van der Waals surface area (Å²) in [5, 5.41) is 3.36. The zero-order valence-electron chi connectivity index (χ0n) is 11.1. The second-order valence-electron chi connectivity index (χ2n) is 5.11. The average Bonchev–Trinajstić information content (AvgIpc) is 2.72. The molecule has 0 aliphatic carbocycles. The van der Waals surface area contributed by atoms with Crippen LogP contribution < -0.4 is 5.32 Å². The van der Waals surface area contributed by atoms with E-state index in [0.717, 1.165) is 38.4 Å². The van der Waals surface area contributed by atoms with Crippen LogP contribution in [0.3, 0.4) is 0 Å². The van der Waals surface area contributed by atoms with E-state index in [1.165, 1.54) is 6.26 Å². The lowest BCUT2D eigenvalue weighted by molar-refractivity contribution is 0.274. The Kier molecular flexibility index (Phi) is 4.11. The minimum Gasteiger partial charge on any atom is -0.356 e. The summed E-state index contributed by atoms with van der Waals surface area (Å²) in [4.78, 5) is 6.50. The molecule has 104 valence electrons. The van der Waals surface area contributed by atoms with Crippen molar-refractivity contribution in [1.82, 2.24) is 14.5 Å². The molecule has 0 saturated carbocycles. The molecule has 0 unspecified atom stereocenters. The highest BCUT2D eigenvalue weighted by Gasteiger charge is 2.25. The van der Waals surface area contributed by atoms with Crippen molar-refractivity contribution in [2.24, 2.45) is 10.9 Å². The highest BCUT2D eigenvalue weighted by molar-refractivity contribution is 7.88. The fourth-order valence-electron chi connectivity index (χ4n) is 2.40. The number of guanidine groups is 1. The first-order valence-electron chi connectivity index (χ1n) is 6.41. The fourth-order valence-corrected chi connectivity index (χ4v) is 3.28. The first-order chi connectivity index (χ1) is 8.47. The molecule has 0 radical (unpaired) electrons. The molecular formula is C11H22N4O2S. The molecule has 6 nitrogen and oxygen atoms in total. The molecule has 0 aromatic heterocycles. The van der Waals surface area contributed by atoms with E-state index in [4.69, 9.17) is 0 Å². The van der Waals surface area contributed by atoms with Gasteiger partial charge in [0.2, 0.25) is 10.0 Å². The minimum atomic E-state index is -3.01. The van der Waals surface area contributed by atoms with Crippen molar-refractivity contribution >= 4 is 16.0 Å². The van der Waals surface area contributed by atoms with Gasteiger partial charge in [0, 0.05) is 33.2 Å². The molecule has 2 aliphatic rings. The van der Waals surface area contributed by atoms with Gasteiger partial charge in [-0.05, 0) is 18.8 Å². The molecule has 0 atom stereocenters. The number of likely N-dealkylation sites (N-methyl/N-ethyl adjacent to an activating group) is 1. The number of nitrogens with zero attached hydrogens (tertiary/aromatic N) is 3. The topological polar surface area (TPSA) is 65.0 Å². The van der Waals surface area contributed by atoms with Gasteiger partial charge >= 0.3 is 0 Å². The quantitative estimate of drug-likeness (QED) is 0.757. The van der Waals surface area contributed by atoms with Gasteiger partial charge in [-0.3, -0.25) is 4.99 Å². The fraction of sp³-hybridized carbons (Fsp3) is 0.909. The molecule has 1 fully saturated rings. The van der Waals surface area contributed by atoms with Gasteiger partial charge in [-0.15, -0.1) is 0 Å². The second-order valence-corrected chi connectivity index (χ2v) is 7.10. The largest absolute Gasteiger partial charge is 0.356 e. The SMILES string of the molecule is CN1CCN=C1NCC1CCN(S(C)(=O)=O)CC1. The summed E-state index contributed by atoms with van der Waals surface area (Å²) < 4.78 is 24.3. The molecule has 0 aromatic carbocycles. The number of nitrogens with one attached hydrogen (secondary N) is 1. The molecule has 0 spiro atoms. The van der Waals surface area contributed by atoms with Crippen LogP contribution in [0.2, 0.25) is 0 Å². The summed E-state index contributed by atoms with van der Waals surface area (Å²) in [5.74, 6) is 1.51. The predicted molar refractivity (Wildman–Crippen MR) is 72.1 cm³/mol. The van der Waals surface area contributed by atoms with E-state index in [2.05, 4.69) is 15.2 Å². The van der Waals surface area contributed by atoms with Gasteiger partial charge in [0.25, 0.3) is 0 Å². The molecule has 1 N–H and O–H groups in total. The number of piperidine rings is 1. The lowest BCUT2D eigenvalue weighted by atomic mass is 9.98. The number of sulfonamides is 1. The van der Waals surface area contributed by atoms with Crippen molar-refractivity contribution in [3.8, 4) is 0 Å². The maximum absolute atomic E-state index is 11.4. The molecule has 18 heavy (non-hydrogen) atoms. The van der Waals surface area contributed by atoms with Crippen molar-refractivity contribution in [3.05, 3.63) is 0 Å². The third-order valence-electron chi connectivity index (χ3n) is 3.65. The molecule has 7 heteroatoms. The Morgan fingerprint density at radius 2 is 2.00 bits per heavy atom. The predicted octanol–water partition coefficient (Wildman–Crippen LogP) is -0.451. The Morgan fingerprint density at radius 1 is 1.33 bits per heavy atom. The average molecular weight is 274 g/mol. The maximum Gasteiger partial charge on any atom is 0.211 e. The lowest BCUT2D eigenvalue weighted by Crippen LogP contribution is -2.43. The first-order valence-corrected chi connectivity index (χ1v) is 8.26. The zero-order valence-corrected chi connectivity index (χ0v) is 11.9. The van der Waals surface area contributed by atoms with Gasteiger partial charge in [-0.1, -0.05) is 0 Å². The number of aliphatic imine (C=N–C) groups is 1. The Labute approximate surface area is 109 Å². The van der Waals surface area contributed by atoms with Gasteiger partial charge in [0.1, 0.15) is 0 Å². The van der Waals surface area contributed by atoms with Gasteiger partial charge in [-0.2, -0.15) is 0 Å². The van der Waals surface area contributed by atoms with E-state index >= 15 is 0 Å². The van der Waals surface area contributed by atoms with Gasteiger partial charge in [0.15, 0.2) is 5.96 Å². The summed E-state index contributed by atoms with van der Waals surface area (Å²) in [7, 11) is -0.975. The third-order valence-corrected chi connectivity index (χ3v) is 4.95. The van der Waals surface area contributed by atoms with Crippen LogP contribution in [0.5, 0.6) is 0 Å². The maximum atomic E-state index is 11.4. The molecule has 2 rings (SSSR count). The molecule has 2 aliphatic heterocycles. The van der Waals surface area contributed by atoms with Crippen LogP contribution in [0.4, 0.5) is 0 Å². The summed E-state index contributed by atoms with van der Waals surface area (Å²) >= 11 is 0. The Bertz CT molecular complexity index is 413. The van der Waals surface area contributed by atoms with E-state index in [0.29, 0.717) is 19.0 Å². The van der Waals surface area contributed by atoms with E-state index in [9.17, 15) is 8.42 Å². The standard InChI is InChI=1S/C11H22N4O2S/c1-14-8-5-12-11(14)13-9-10-3-6-15(7-4-10)18(2,16)17/h10H,3-9H2,1-2H3,(H,12,13). The Hall–Kier alpha value is -0.820. The minimum absolute atomic E-state index is 0.541. The summed E-state index contributed by atoms with van der Waals surface area (Å²) in [5.41, 5.74) is 0. The summed E-state index contributed by atoms with van der Waals surface area (Å²) in [6, 6.07) is 0. The molecule has 1 saturated heterocycles. The highest BCUT2D eigenvalue weighted by Crippen LogP contribution is 2.18. The monoisotopic (exact) mass is 274 g/mol. The van der Waals surface area contributed by atoms with Crippen LogP contribution in [0.25, 0.3) is 0 Å². The van der Waals surface area contributed by atoms with Crippen LogP contribution >= 0.6 is 0 Å². The number of hydrogen-bond donors (Lipinski definition) is 1. The zero-order chi connectivity index (χ0) is 13.2. The van der Waals surface area contributed by atoms with Crippen LogP contribution in [-0.4, -0.2) is 69.6 Å². The lowest BCUT2D eigenvalue weighted by Gasteiger charge is -2.30. The van der Waals surface area contributed by atoms with Crippen LogP contribution in [0, 0.1) is 5.92 Å². The molecular weight excluding hydrogens is 252 g/mol. The molecule has 0 aromatic rings. The van der Waals surface area contributed by atoms with E-state index in [1.54, 1.807) is 4.31 Å². The van der Waals surface area contributed by atoms with Crippen LogP contribution in [0.1, 0.15) is 12.8 Å². The van der Waals surface area contributed by atoms with Crippen molar-refractivity contribution in [2.45, 2.75) is 12.8 Å². The Morgan fingerprint density at radius 3 is 2.50 bits per heavy atom.